The number of benzene rings is 1. The van der Waals surface area contributed by atoms with Crippen molar-refractivity contribution in [2.75, 3.05) is 19.5 Å². The summed E-state index contributed by atoms with van der Waals surface area (Å²) in [5, 5.41) is 0.954. The maximum absolute atomic E-state index is 12.8. The molecule has 1 N–H and O–H groups in total. The monoisotopic (exact) mass is 462 g/mol. The van der Waals surface area contributed by atoms with E-state index in [9.17, 15) is 13.2 Å². The Balaban J connectivity index is 1.69. The fourth-order valence-corrected chi connectivity index (χ4v) is 4.33. The standard InChI is InChI=1S/C23H30N2O6S/c1-4-5-15-29-19-9-10-20-18(17-19)11-13-25(20)14-12-23(2,32(3,27)28)22(26)24-31-21-8-6-7-16-30-21/h9-11,13,17,21H,6-8,12,14-16H2,1-3H3,(H,24,26)/t21?,23-/m0/s1. The molecule has 1 saturated heterocycles. The van der Waals surface area contributed by atoms with Gasteiger partial charge in [0.15, 0.2) is 20.9 Å². The van der Waals surface area contributed by atoms with Gasteiger partial charge in [-0.3, -0.25) is 4.79 Å². The van der Waals surface area contributed by atoms with E-state index in [2.05, 4.69) is 17.3 Å². The van der Waals surface area contributed by atoms with Crippen molar-refractivity contribution in [1.82, 2.24) is 10.0 Å². The lowest BCUT2D eigenvalue weighted by atomic mass is 10.1. The molecule has 3 rings (SSSR count). The molecule has 1 unspecified atom stereocenters. The topological polar surface area (TPSA) is 95.9 Å². The van der Waals surface area contributed by atoms with Crippen LogP contribution >= 0.6 is 0 Å². The van der Waals surface area contributed by atoms with Crippen molar-refractivity contribution in [1.29, 1.82) is 0 Å². The Morgan fingerprint density at radius 1 is 1.34 bits per heavy atom. The minimum absolute atomic E-state index is 0.0840. The molecule has 32 heavy (non-hydrogen) atoms. The van der Waals surface area contributed by atoms with Gasteiger partial charge >= 0.3 is 0 Å². The van der Waals surface area contributed by atoms with E-state index in [0.717, 1.165) is 30.0 Å². The van der Waals surface area contributed by atoms with Crippen LogP contribution in [0.2, 0.25) is 0 Å². The predicted molar refractivity (Wildman–Crippen MR) is 122 cm³/mol. The Morgan fingerprint density at radius 2 is 2.16 bits per heavy atom. The second-order valence-corrected chi connectivity index (χ2v) is 10.5. The number of aromatic nitrogens is 1. The minimum atomic E-state index is -3.72. The van der Waals surface area contributed by atoms with Crippen LogP contribution in [-0.4, -0.2) is 49.4 Å². The number of amides is 1. The zero-order chi connectivity index (χ0) is 23.2. The number of sulfone groups is 1. The Labute approximate surface area is 189 Å². The first-order valence-corrected chi connectivity index (χ1v) is 12.5. The maximum Gasteiger partial charge on any atom is 0.264 e. The molecular weight excluding hydrogens is 432 g/mol. The number of rotatable bonds is 9. The fourth-order valence-electron chi connectivity index (χ4n) is 3.49. The quantitative estimate of drug-likeness (QED) is 0.455. The smallest absolute Gasteiger partial charge is 0.264 e. The molecule has 1 aromatic heterocycles. The lowest BCUT2D eigenvalue weighted by Crippen LogP contribution is -2.51. The summed E-state index contributed by atoms with van der Waals surface area (Å²) < 4.78 is 36.4. The molecule has 2 heterocycles. The molecule has 174 valence electrons. The molecular formula is C23H30N2O6S. The second-order valence-electron chi connectivity index (χ2n) is 8.04. The zero-order valence-electron chi connectivity index (χ0n) is 18.7. The van der Waals surface area contributed by atoms with Gasteiger partial charge in [-0.2, -0.15) is 0 Å². The number of fused-ring (bicyclic) bond motifs is 1. The lowest BCUT2D eigenvalue weighted by Gasteiger charge is -2.28. The first-order valence-electron chi connectivity index (χ1n) is 10.6. The highest BCUT2D eigenvalue weighted by molar-refractivity contribution is 7.92. The zero-order valence-corrected chi connectivity index (χ0v) is 19.5. The third-order valence-electron chi connectivity index (χ3n) is 5.78. The molecule has 1 aliphatic heterocycles. The van der Waals surface area contributed by atoms with Crippen LogP contribution in [0.5, 0.6) is 5.75 Å². The third-order valence-corrected chi connectivity index (χ3v) is 7.81. The molecule has 2 atom stereocenters. The molecule has 1 amide bonds. The van der Waals surface area contributed by atoms with Crippen LogP contribution in [0.3, 0.4) is 0 Å². The first-order chi connectivity index (χ1) is 15.2. The van der Waals surface area contributed by atoms with Crippen molar-refractivity contribution < 1.29 is 27.5 Å². The average Bonchev–Trinajstić information content (AvgIpc) is 3.18. The van der Waals surface area contributed by atoms with E-state index in [1.165, 1.54) is 6.92 Å². The van der Waals surface area contributed by atoms with Gasteiger partial charge in [0.2, 0.25) is 0 Å². The highest BCUT2D eigenvalue weighted by Crippen LogP contribution is 2.26. The fraction of sp³-hybridized carbons (Fsp3) is 0.522. The van der Waals surface area contributed by atoms with E-state index in [1.54, 1.807) is 6.92 Å². The number of nitrogens with zero attached hydrogens (tertiary/aromatic N) is 1. The van der Waals surface area contributed by atoms with E-state index >= 15 is 0 Å². The molecule has 0 radical (unpaired) electrons. The summed E-state index contributed by atoms with van der Waals surface area (Å²) >= 11 is 0. The number of ether oxygens (including phenoxy) is 2. The van der Waals surface area contributed by atoms with Crippen LogP contribution in [0, 0.1) is 11.8 Å². The summed E-state index contributed by atoms with van der Waals surface area (Å²) in [6.07, 6.45) is 5.00. The largest absolute Gasteiger partial charge is 0.481 e. The molecule has 2 aromatic rings. The summed E-state index contributed by atoms with van der Waals surface area (Å²) in [7, 11) is -3.72. The molecule has 1 fully saturated rings. The number of hydrogen-bond acceptors (Lipinski definition) is 6. The Bertz CT molecular complexity index is 1110. The van der Waals surface area contributed by atoms with E-state index in [0.29, 0.717) is 31.9 Å². The average molecular weight is 463 g/mol. The number of hydroxylamine groups is 1. The summed E-state index contributed by atoms with van der Waals surface area (Å²) in [5.41, 5.74) is 3.24. The summed E-state index contributed by atoms with van der Waals surface area (Å²) in [4.78, 5) is 18.2. The van der Waals surface area contributed by atoms with Gasteiger partial charge < -0.3 is 14.0 Å². The third kappa shape index (κ3) is 5.63. The summed E-state index contributed by atoms with van der Waals surface area (Å²) in [6.45, 7) is 4.39. The van der Waals surface area contributed by atoms with Crippen LogP contribution in [0.25, 0.3) is 10.9 Å². The molecule has 9 heteroatoms. The van der Waals surface area contributed by atoms with E-state index in [-0.39, 0.29) is 6.42 Å². The van der Waals surface area contributed by atoms with Crippen molar-refractivity contribution in [2.45, 2.75) is 57.1 Å². The van der Waals surface area contributed by atoms with Gasteiger partial charge in [0.25, 0.3) is 5.91 Å². The first kappa shape index (κ1) is 24.1. The highest BCUT2D eigenvalue weighted by atomic mass is 32.2. The molecule has 8 nitrogen and oxygen atoms in total. The molecule has 0 bridgehead atoms. The minimum Gasteiger partial charge on any atom is -0.481 e. The molecule has 1 aromatic carbocycles. The van der Waals surface area contributed by atoms with Crippen LogP contribution in [0.1, 0.15) is 39.5 Å². The van der Waals surface area contributed by atoms with Crippen molar-refractivity contribution >= 4 is 26.6 Å². The van der Waals surface area contributed by atoms with Gasteiger partial charge in [-0.1, -0.05) is 5.92 Å². The Hall–Kier alpha value is -2.54. The van der Waals surface area contributed by atoms with Gasteiger partial charge in [-0.15, -0.1) is 5.92 Å². The van der Waals surface area contributed by atoms with Gasteiger partial charge in [0.1, 0.15) is 12.4 Å². The summed E-state index contributed by atoms with van der Waals surface area (Å²) in [5.74, 6) is 5.65. The van der Waals surface area contributed by atoms with Gasteiger partial charge in [0, 0.05) is 42.9 Å². The lowest BCUT2D eigenvalue weighted by molar-refractivity contribution is -0.201. The van der Waals surface area contributed by atoms with Crippen LogP contribution in [0.4, 0.5) is 0 Å². The number of hydrogen-bond donors (Lipinski definition) is 1. The van der Waals surface area contributed by atoms with Crippen molar-refractivity contribution in [2.24, 2.45) is 0 Å². The predicted octanol–water partition coefficient (Wildman–Crippen LogP) is 2.81. The van der Waals surface area contributed by atoms with Gasteiger partial charge in [0.05, 0.1) is 0 Å². The summed E-state index contributed by atoms with van der Waals surface area (Å²) in [6, 6.07) is 7.58. The van der Waals surface area contributed by atoms with E-state index in [1.807, 2.05) is 35.0 Å². The number of aryl methyl sites for hydroxylation is 1. The normalized spacial score (nSPS) is 18.4. The SMILES string of the molecule is CC#CCOc1ccc2c(ccn2CC[C@@](C)(C(=O)NOC2CCCCO2)S(C)(=O)=O)c1. The van der Waals surface area contributed by atoms with Crippen LogP contribution in [-0.2, 0) is 30.8 Å². The van der Waals surface area contributed by atoms with Crippen molar-refractivity contribution in [3.05, 3.63) is 30.5 Å². The maximum atomic E-state index is 12.8. The van der Waals surface area contributed by atoms with Crippen LogP contribution in [0.15, 0.2) is 30.5 Å². The van der Waals surface area contributed by atoms with E-state index < -0.39 is 26.8 Å². The van der Waals surface area contributed by atoms with Crippen molar-refractivity contribution in [3.8, 4) is 17.6 Å². The molecule has 0 spiro atoms. The number of carbonyl (C=O) groups excluding carboxylic acids is 1. The highest BCUT2D eigenvalue weighted by Gasteiger charge is 2.44. The van der Waals surface area contributed by atoms with Gasteiger partial charge in [-0.25, -0.2) is 18.7 Å². The number of carbonyl (C=O) groups is 1. The number of nitrogens with one attached hydrogen (secondary N) is 1. The molecule has 0 saturated carbocycles. The van der Waals surface area contributed by atoms with Crippen LogP contribution < -0.4 is 10.2 Å². The Kier molecular flexibility index (Phi) is 7.82. The van der Waals surface area contributed by atoms with Crippen molar-refractivity contribution in [3.63, 3.8) is 0 Å². The Morgan fingerprint density at radius 3 is 2.84 bits per heavy atom. The second kappa shape index (κ2) is 10.4. The van der Waals surface area contributed by atoms with Gasteiger partial charge in [-0.05, 0) is 57.4 Å². The van der Waals surface area contributed by atoms with E-state index in [4.69, 9.17) is 14.3 Å². The molecule has 1 aliphatic rings. The molecule has 0 aliphatic carbocycles.